The maximum atomic E-state index is 12.5. The van der Waals surface area contributed by atoms with Crippen LogP contribution in [0.3, 0.4) is 0 Å². The molecule has 26 heavy (non-hydrogen) atoms. The van der Waals surface area contributed by atoms with E-state index in [0.717, 1.165) is 11.3 Å². The molecule has 0 fully saturated rings. The van der Waals surface area contributed by atoms with Gasteiger partial charge in [0, 0.05) is 10.8 Å². The zero-order chi connectivity index (χ0) is 18.7. The third-order valence-corrected chi connectivity index (χ3v) is 7.14. The highest BCUT2D eigenvalue weighted by atomic mass is 35.5. The monoisotopic (exact) mass is 428 g/mol. The van der Waals surface area contributed by atoms with E-state index in [0.29, 0.717) is 10.2 Å². The summed E-state index contributed by atoms with van der Waals surface area (Å²) >= 11 is 13.1. The summed E-state index contributed by atoms with van der Waals surface area (Å²) in [5.74, 6) is 0.163. The Labute approximate surface area is 165 Å². The van der Waals surface area contributed by atoms with Gasteiger partial charge in [-0.1, -0.05) is 52.7 Å². The predicted molar refractivity (Wildman–Crippen MR) is 103 cm³/mol. The molecule has 0 spiro atoms. The van der Waals surface area contributed by atoms with Crippen molar-refractivity contribution in [3.63, 3.8) is 0 Å². The molecule has 1 heterocycles. The second kappa shape index (κ2) is 7.96. The van der Waals surface area contributed by atoms with Gasteiger partial charge in [-0.3, -0.25) is 0 Å². The third-order valence-electron chi connectivity index (χ3n) is 3.53. The van der Waals surface area contributed by atoms with E-state index in [2.05, 4.69) is 15.5 Å². The Hall–Kier alpha value is -1.61. The zero-order valence-electron chi connectivity index (χ0n) is 13.6. The molecule has 0 radical (unpaired) electrons. The van der Waals surface area contributed by atoms with Gasteiger partial charge < -0.3 is 0 Å². The molecule has 136 valence electrons. The van der Waals surface area contributed by atoms with Gasteiger partial charge in [0.1, 0.15) is 0 Å². The van der Waals surface area contributed by atoms with Crippen LogP contribution in [0.2, 0.25) is 10.0 Å². The first kappa shape index (κ1) is 19.2. The quantitative estimate of drug-likeness (QED) is 0.554. The van der Waals surface area contributed by atoms with Crippen molar-refractivity contribution in [3.8, 4) is 5.69 Å². The van der Waals surface area contributed by atoms with Gasteiger partial charge in [-0.15, -0.1) is 5.10 Å². The van der Waals surface area contributed by atoms with Gasteiger partial charge in [-0.25, -0.2) is 8.42 Å². The van der Waals surface area contributed by atoms with Crippen LogP contribution >= 0.6 is 35.0 Å². The lowest BCUT2D eigenvalue weighted by molar-refractivity contribution is 0.597. The van der Waals surface area contributed by atoms with Crippen LogP contribution in [0.25, 0.3) is 5.69 Å². The molecule has 0 aliphatic carbocycles. The molecule has 0 unspecified atom stereocenters. The lowest BCUT2D eigenvalue weighted by Crippen LogP contribution is -2.10. The van der Waals surface area contributed by atoms with Crippen molar-refractivity contribution < 1.29 is 8.42 Å². The van der Waals surface area contributed by atoms with Crippen LogP contribution in [0.5, 0.6) is 0 Å². The molecular formula is C16H14Cl2N4O2S2. The topological polar surface area (TPSA) is 77.7 Å². The summed E-state index contributed by atoms with van der Waals surface area (Å²) in [4.78, 5) is 0.0328. The summed E-state index contributed by atoms with van der Waals surface area (Å²) in [6.45, 7) is 1.99. The molecule has 0 atom stereocenters. The van der Waals surface area contributed by atoms with E-state index in [1.807, 2.05) is 31.2 Å². The molecule has 3 aromatic rings. The molecule has 2 aromatic carbocycles. The molecular weight excluding hydrogens is 415 g/mol. The average molecular weight is 429 g/mol. The van der Waals surface area contributed by atoms with Crippen molar-refractivity contribution >= 4 is 44.8 Å². The molecule has 0 aliphatic heterocycles. The van der Waals surface area contributed by atoms with E-state index in [1.54, 1.807) is 10.7 Å². The molecule has 10 heteroatoms. The molecule has 6 nitrogen and oxygen atoms in total. The lowest BCUT2D eigenvalue weighted by atomic mass is 10.2. The number of tetrazole rings is 1. The smallest absolute Gasteiger partial charge is 0.214 e. The van der Waals surface area contributed by atoms with Crippen LogP contribution in [0.1, 0.15) is 5.56 Å². The number of aryl methyl sites for hydroxylation is 1. The van der Waals surface area contributed by atoms with Gasteiger partial charge in [-0.05, 0) is 47.7 Å². The van der Waals surface area contributed by atoms with Gasteiger partial charge in [-0.2, -0.15) is 4.68 Å². The Morgan fingerprint density at radius 1 is 1.12 bits per heavy atom. The number of aromatic nitrogens is 4. The Morgan fingerprint density at radius 3 is 2.58 bits per heavy atom. The molecule has 0 bridgehead atoms. The van der Waals surface area contributed by atoms with Crippen LogP contribution in [-0.2, 0) is 9.84 Å². The summed E-state index contributed by atoms with van der Waals surface area (Å²) in [6, 6.07) is 12.1. The van der Waals surface area contributed by atoms with Gasteiger partial charge >= 0.3 is 0 Å². The largest absolute Gasteiger partial charge is 0.224 e. The number of thioether (sulfide) groups is 1. The van der Waals surface area contributed by atoms with E-state index in [1.165, 1.54) is 23.9 Å². The number of halogens is 2. The van der Waals surface area contributed by atoms with E-state index < -0.39 is 9.84 Å². The molecule has 0 saturated carbocycles. The fourth-order valence-corrected chi connectivity index (χ4v) is 5.54. The van der Waals surface area contributed by atoms with Gasteiger partial charge in [0.2, 0.25) is 5.16 Å². The van der Waals surface area contributed by atoms with E-state index in [4.69, 9.17) is 23.2 Å². The highest BCUT2D eigenvalue weighted by molar-refractivity contribution is 8.00. The first-order chi connectivity index (χ1) is 12.4. The van der Waals surface area contributed by atoms with Crippen molar-refractivity contribution in [1.29, 1.82) is 0 Å². The number of benzene rings is 2. The average Bonchev–Trinajstić information content (AvgIpc) is 3.06. The third kappa shape index (κ3) is 4.37. The summed E-state index contributed by atoms with van der Waals surface area (Å²) < 4.78 is 26.6. The second-order valence-corrected chi connectivity index (χ2v) is 9.43. The van der Waals surface area contributed by atoms with Gasteiger partial charge in [0.05, 0.1) is 21.4 Å². The Balaban J connectivity index is 1.72. The van der Waals surface area contributed by atoms with E-state index in [9.17, 15) is 8.42 Å². The SMILES string of the molecule is Cc1ccc(-n2nnnc2SCCS(=O)(=O)c2cc(Cl)ccc2Cl)cc1. The first-order valence-electron chi connectivity index (χ1n) is 7.53. The number of hydrogen-bond donors (Lipinski definition) is 0. The minimum absolute atomic E-state index is 0.0328. The normalized spacial score (nSPS) is 11.7. The van der Waals surface area contributed by atoms with Gasteiger partial charge in [0.15, 0.2) is 9.84 Å². The van der Waals surface area contributed by atoms with Crippen molar-refractivity contribution in [2.75, 3.05) is 11.5 Å². The van der Waals surface area contributed by atoms with Crippen molar-refractivity contribution in [2.45, 2.75) is 17.0 Å². The predicted octanol–water partition coefficient (Wildman–Crippen LogP) is 3.84. The highest BCUT2D eigenvalue weighted by Gasteiger charge is 2.19. The molecule has 1 aromatic heterocycles. The number of sulfone groups is 1. The van der Waals surface area contributed by atoms with Crippen LogP contribution in [-0.4, -0.2) is 40.1 Å². The molecule has 3 rings (SSSR count). The van der Waals surface area contributed by atoms with Crippen molar-refractivity contribution in [2.24, 2.45) is 0 Å². The molecule has 0 N–H and O–H groups in total. The van der Waals surface area contributed by atoms with Crippen LogP contribution < -0.4 is 0 Å². The van der Waals surface area contributed by atoms with Crippen LogP contribution in [0.15, 0.2) is 52.5 Å². The summed E-state index contributed by atoms with van der Waals surface area (Å²) in [5.41, 5.74) is 1.93. The minimum Gasteiger partial charge on any atom is -0.224 e. The standard InChI is InChI=1S/C16H14Cl2N4O2S2/c1-11-2-5-13(6-3-11)22-16(19-20-21-22)25-8-9-26(23,24)15-10-12(17)4-7-14(15)18/h2-7,10H,8-9H2,1H3. The number of nitrogens with zero attached hydrogens (tertiary/aromatic N) is 4. The van der Waals surface area contributed by atoms with E-state index >= 15 is 0 Å². The van der Waals surface area contributed by atoms with Crippen molar-refractivity contribution in [1.82, 2.24) is 20.2 Å². The molecule has 0 amide bonds. The highest BCUT2D eigenvalue weighted by Crippen LogP contribution is 2.27. The molecule has 0 saturated heterocycles. The number of rotatable bonds is 6. The maximum absolute atomic E-state index is 12.5. The fraction of sp³-hybridized carbons (Fsp3) is 0.188. The maximum Gasteiger partial charge on any atom is 0.214 e. The lowest BCUT2D eigenvalue weighted by Gasteiger charge is -2.07. The Kier molecular flexibility index (Phi) is 5.86. The van der Waals surface area contributed by atoms with E-state index in [-0.39, 0.29) is 21.4 Å². The second-order valence-electron chi connectivity index (χ2n) is 5.45. The first-order valence-corrected chi connectivity index (χ1v) is 10.9. The summed E-state index contributed by atoms with van der Waals surface area (Å²) in [6.07, 6.45) is 0. The van der Waals surface area contributed by atoms with Gasteiger partial charge in [0.25, 0.3) is 0 Å². The minimum atomic E-state index is -3.56. The van der Waals surface area contributed by atoms with Crippen LogP contribution in [0.4, 0.5) is 0 Å². The molecule has 0 aliphatic rings. The Bertz CT molecular complexity index is 1020. The number of hydrogen-bond acceptors (Lipinski definition) is 6. The van der Waals surface area contributed by atoms with Crippen LogP contribution in [0, 0.1) is 6.92 Å². The fourth-order valence-electron chi connectivity index (χ4n) is 2.19. The summed E-state index contributed by atoms with van der Waals surface area (Å²) in [7, 11) is -3.56. The Morgan fingerprint density at radius 2 is 1.85 bits per heavy atom. The van der Waals surface area contributed by atoms with Crippen molar-refractivity contribution in [3.05, 3.63) is 58.1 Å². The zero-order valence-corrected chi connectivity index (χ0v) is 16.8. The summed E-state index contributed by atoms with van der Waals surface area (Å²) in [5, 5.41) is 12.6.